The van der Waals surface area contributed by atoms with Crippen molar-refractivity contribution in [3.05, 3.63) is 49.1 Å². The second-order valence-corrected chi connectivity index (χ2v) is 2.57. The molecule has 5 heteroatoms. The third-order valence-electron chi connectivity index (χ3n) is 1.37. The molecule has 2 aromatic rings. The zero-order chi connectivity index (χ0) is 12.2. The lowest BCUT2D eigenvalue weighted by Gasteiger charge is -1.83. The van der Waals surface area contributed by atoms with Crippen LogP contribution in [0.25, 0.3) is 0 Å². The Kier molecular flexibility index (Phi) is 7.75. The van der Waals surface area contributed by atoms with Gasteiger partial charge in [-0.3, -0.25) is 9.97 Å². The molecule has 0 bridgehead atoms. The topological polar surface area (TPSA) is 94.9 Å². The number of carbonyl (C=O) groups excluding carboxylic acids is 1. The molecule has 4 N–H and O–H groups in total. The lowest BCUT2D eigenvalue weighted by molar-refractivity contribution is -0.0979. The molecule has 0 atom stereocenters. The molecule has 0 aliphatic heterocycles. The SMILES string of the molecule is C=O.Nc1cccnc1.Nc1cccnc1. The highest BCUT2D eigenvalue weighted by atomic mass is 16.1. The normalized spacial score (nSPS) is 7.75. The largest absolute Gasteiger partial charge is 0.397 e. The molecular formula is C11H14N4O. The number of anilines is 2. The van der Waals surface area contributed by atoms with Gasteiger partial charge in [0.15, 0.2) is 0 Å². The van der Waals surface area contributed by atoms with Gasteiger partial charge in [-0.2, -0.15) is 0 Å². The number of nitrogens with two attached hydrogens (primary N) is 2. The summed E-state index contributed by atoms with van der Waals surface area (Å²) in [4.78, 5) is 15.5. The minimum Gasteiger partial charge on any atom is -0.397 e. The zero-order valence-corrected chi connectivity index (χ0v) is 8.78. The Hall–Kier alpha value is -2.43. The summed E-state index contributed by atoms with van der Waals surface area (Å²) in [6, 6.07) is 7.20. The van der Waals surface area contributed by atoms with E-state index in [2.05, 4.69) is 9.97 Å². The van der Waals surface area contributed by atoms with Gasteiger partial charge in [-0.15, -0.1) is 0 Å². The summed E-state index contributed by atoms with van der Waals surface area (Å²) >= 11 is 0. The molecule has 0 aromatic carbocycles. The predicted molar refractivity (Wildman–Crippen MR) is 64.4 cm³/mol. The number of carbonyl (C=O) groups is 1. The summed E-state index contributed by atoms with van der Waals surface area (Å²) in [7, 11) is 0. The first-order valence-electron chi connectivity index (χ1n) is 4.39. The fraction of sp³-hybridized carbons (Fsp3) is 0. The van der Waals surface area contributed by atoms with Gasteiger partial charge in [-0.1, -0.05) is 0 Å². The van der Waals surface area contributed by atoms with Crippen molar-refractivity contribution in [1.29, 1.82) is 0 Å². The van der Waals surface area contributed by atoms with Crippen LogP contribution in [0, 0.1) is 0 Å². The summed E-state index contributed by atoms with van der Waals surface area (Å²) in [5.41, 5.74) is 12.0. The number of aromatic nitrogens is 2. The maximum atomic E-state index is 8.00. The van der Waals surface area contributed by atoms with Crippen LogP contribution in [0.5, 0.6) is 0 Å². The summed E-state index contributed by atoms with van der Waals surface area (Å²) in [6.45, 7) is 2.00. The van der Waals surface area contributed by atoms with E-state index >= 15 is 0 Å². The first kappa shape index (κ1) is 13.6. The molecule has 16 heavy (non-hydrogen) atoms. The third-order valence-corrected chi connectivity index (χ3v) is 1.37. The Bertz CT molecular complexity index is 329. The predicted octanol–water partition coefficient (Wildman–Crippen LogP) is 1.14. The number of nitrogen functional groups attached to an aromatic ring is 2. The van der Waals surface area contributed by atoms with E-state index in [-0.39, 0.29) is 0 Å². The van der Waals surface area contributed by atoms with Crippen LogP contribution in [0.15, 0.2) is 49.1 Å². The zero-order valence-electron chi connectivity index (χ0n) is 8.78. The number of nitrogens with zero attached hydrogens (tertiary/aromatic N) is 2. The van der Waals surface area contributed by atoms with Crippen LogP contribution in [0.4, 0.5) is 11.4 Å². The maximum Gasteiger partial charge on any atom is 0.106 e. The fourth-order valence-electron chi connectivity index (χ4n) is 0.752. The molecule has 2 aromatic heterocycles. The highest BCUT2D eigenvalue weighted by Crippen LogP contribution is 1.92. The van der Waals surface area contributed by atoms with Gasteiger partial charge in [0.2, 0.25) is 0 Å². The smallest absolute Gasteiger partial charge is 0.106 e. The van der Waals surface area contributed by atoms with E-state index in [0.717, 1.165) is 0 Å². The first-order valence-corrected chi connectivity index (χ1v) is 4.39. The Labute approximate surface area is 94.1 Å². The van der Waals surface area contributed by atoms with Crippen molar-refractivity contribution in [2.75, 3.05) is 11.5 Å². The van der Waals surface area contributed by atoms with Crippen LogP contribution in [-0.4, -0.2) is 16.8 Å². The molecule has 0 spiro atoms. The summed E-state index contributed by atoms with van der Waals surface area (Å²) in [5, 5.41) is 0. The highest BCUT2D eigenvalue weighted by Gasteiger charge is 1.74. The standard InChI is InChI=1S/2C5H6N2.CH2O/c2*6-5-2-1-3-7-4-5;1-2/h2*1-4H,6H2;1H2. The number of hydrogen-bond acceptors (Lipinski definition) is 5. The van der Waals surface area contributed by atoms with E-state index in [1.54, 1.807) is 49.1 Å². The van der Waals surface area contributed by atoms with Crippen molar-refractivity contribution >= 4 is 18.2 Å². The van der Waals surface area contributed by atoms with E-state index in [9.17, 15) is 0 Å². The van der Waals surface area contributed by atoms with Crippen molar-refractivity contribution < 1.29 is 4.79 Å². The van der Waals surface area contributed by atoms with Gasteiger partial charge in [0, 0.05) is 24.8 Å². The highest BCUT2D eigenvalue weighted by molar-refractivity contribution is 5.32. The average Bonchev–Trinajstić information content (AvgIpc) is 2.34. The number of hydrogen-bond donors (Lipinski definition) is 2. The first-order chi connectivity index (χ1) is 7.79. The molecule has 5 nitrogen and oxygen atoms in total. The van der Waals surface area contributed by atoms with Crippen LogP contribution in [0.2, 0.25) is 0 Å². The van der Waals surface area contributed by atoms with Crippen molar-refractivity contribution in [2.24, 2.45) is 0 Å². The average molecular weight is 218 g/mol. The Morgan fingerprint density at radius 2 is 1.25 bits per heavy atom. The summed E-state index contributed by atoms with van der Waals surface area (Å²) in [5.74, 6) is 0. The summed E-state index contributed by atoms with van der Waals surface area (Å²) < 4.78 is 0. The van der Waals surface area contributed by atoms with Gasteiger partial charge in [0.25, 0.3) is 0 Å². The lowest BCUT2D eigenvalue weighted by atomic mass is 10.4. The van der Waals surface area contributed by atoms with E-state index in [0.29, 0.717) is 11.4 Å². The maximum absolute atomic E-state index is 8.00. The van der Waals surface area contributed by atoms with Crippen LogP contribution in [-0.2, 0) is 4.79 Å². The molecule has 2 rings (SSSR count). The van der Waals surface area contributed by atoms with Gasteiger partial charge in [-0.25, -0.2) is 0 Å². The Morgan fingerprint density at radius 1 is 0.875 bits per heavy atom. The molecular weight excluding hydrogens is 204 g/mol. The van der Waals surface area contributed by atoms with Crippen LogP contribution in [0.1, 0.15) is 0 Å². The minimum absolute atomic E-state index is 0.711. The lowest BCUT2D eigenvalue weighted by Crippen LogP contribution is -1.82. The van der Waals surface area contributed by atoms with Crippen molar-refractivity contribution in [2.45, 2.75) is 0 Å². The molecule has 0 aliphatic carbocycles. The van der Waals surface area contributed by atoms with Crippen LogP contribution >= 0.6 is 0 Å². The molecule has 0 radical (unpaired) electrons. The monoisotopic (exact) mass is 218 g/mol. The van der Waals surface area contributed by atoms with Crippen molar-refractivity contribution in [1.82, 2.24) is 9.97 Å². The van der Waals surface area contributed by atoms with Crippen LogP contribution < -0.4 is 11.5 Å². The van der Waals surface area contributed by atoms with E-state index in [1.165, 1.54) is 0 Å². The van der Waals surface area contributed by atoms with Gasteiger partial charge in [-0.05, 0) is 24.3 Å². The van der Waals surface area contributed by atoms with E-state index in [4.69, 9.17) is 16.3 Å². The van der Waals surface area contributed by atoms with Gasteiger partial charge < -0.3 is 16.3 Å². The third kappa shape index (κ3) is 7.02. The second-order valence-electron chi connectivity index (χ2n) is 2.57. The molecule has 2 heterocycles. The summed E-state index contributed by atoms with van der Waals surface area (Å²) in [6.07, 6.45) is 6.60. The fourth-order valence-corrected chi connectivity index (χ4v) is 0.752. The number of rotatable bonds is 0. The quantitative estimate of drug-likeness (QED) is 0.691. The molecule has 84 valence electrons. The van der Waals surface area contributed by atoms with E-state index < -0.39 is 0 Å². The minimum atomic E-state index is 0.711. The van der Waals surface area contributed by atoms with Crippen molar-refractivity contribution in [3.8, 4) is 0 Å². The molecule has 0 fully saturated rings. The number of pyridine rings is 2. The van der Waals surface area contributed by atoms with Crippen LogP contribution in [0.3, 0.4) is 0 Å². The molecule has 0 saturated heterocycles. The van der Waals surface area contributed by atoms with E-state index in [1.807, 2.05) is 6.79 Å². The Balaban J connectivity index is 0.000000244. The van der Waals surface area contributed by atoms with Gasteiger partial charge in [0.1, 0.15) is 6.79 Å². The van der Waals surface area contributed by atoms with Gasteiger partial charge in [0.05, 0.1) is 11.4 Å². The molecule has 0 aliphatic rings. The Morgan fingerprint density at radius 3 is 1.38 bits per heavy atom. The van der Waals surface area contributed by atoms with Gasteiger partial charge >= 0.3 is 0 Å². The molecule has 0 unspecified atom stereocenters. The second kappa shape index (κ2) is 9.14. The molecule has 0 amide bonds. The van der Waals surface area contributed by atoms with Crippen molar-refractivity contribution in [3.63, 3.8) is 0 Å². The molecule has 0 saturated carbocycles.